The zero-order valence-electron chi connectivity index (χ0n) is 13.1. The highest BCUT2D eigenvalue weighted by atomic mass is 16.4. The number of carbonyl (C=O) groups is 2. The van der Waals surface area contributed by atoms with Crippen molar-refractivity contribution in [3.8, 4) is 0 Å². The minimum atomic E-state index is -0.995. The summed E-state index contributed by atoms with van der Waals surface area (Å²) in [6.07, 6.45) is 4.98. The zero-order chi connectivity index (χ0) is 16.5. The predicted molar refractivity (Wildman–Crippen MR) is 83.1 cm³/mol. The van der Waals surface area contributed by atoms with Gasteiger partial charge in [-0.3, -0.25) is 9.78 Å². The molecule has 7 nitrogen and oxygen atoms in total. The lowest BCUT2D eigenvalue weighted by molar-refractivity contribution is -0.127. The maximum Gasteiger partial charge on any atom is 0.335 e. The molecule has 1 aromatic heterocycles. The predicted octanol–water partition coefficient (Wildman–Crippen LogP) is 0.751. The third-order valence-electron chi connectivity index (χ3n) is 2.85. The van der Waals surface area contributed by atoms with Crippen LogP contribution in [0.4, 0.5) is 0 Å². The van der Waals surface area contributed by atoms with Crippen molar-refractivity contribution >= 4 is 11.9 Å². The quantitative estimate of drug-likeness (QED) is 0.737. The number of rotatable bonds is 8. The maximum atomic E-state index is 12.0. The molecule has 2 N–H and O–H groups in total. The van der Waals surface area contributed by atoms with Crippen LogP contribution in [0, 0.1) is 0 Å². The highest BCUT2D eigenvalue weighted by Gasteiger charge is 2.09. The van der Waals surface area contributed by atoms with Crippen LogP contribution in [0.15, 0.2) is 30.7 Å². The molecule has 1 aromatic rings. The Morgan fingerprint density at radius 2 is 2.09 bits per heavy atom. The summed E-state index contributed by atoms with van der Waals surface area (Å²) in [7, 11) is 3.77. The van der Waals surface area contributed by atoms with Crippen LogP contribution in [0.25, 0.3) is 0 Å². The van der Waals surface area contributed by atoms with E-state index in [0.717, 1.165) is 0 Å². The molecular weight excluding hydrogens is 284 g/mol. The molecule has 0 atom stereocenters. The number of hydrogen-bond donors (Lipinski definition) is 2. The van der Waals surface area contributed by atoms with Gasteiger partial charge in [0.05, 0.1) is 17.8 Å². The van der Waals surface area contributed by atoms with E-state index in [4.69, 9.17) is 5.11 Å². The number of carboxylic acid groups (broad SMARTS) is 1. The minimum Gasteiger partial charge on any atom is -0.478 e. The summed E-state index contributed by atoms with van der Waals surface area (Å²) in [5.41, 5.74) is 0.766. The molecule has 120 valence electrons. The smallest absolute Gasteiger partial charge is 0.335 e. The Bertz CT molecular complexity index is 543. The lowest BCUT2D eigenvalue weighted by Crippen LogP contribution is -2.35. The number of aromatic carboxylic acids is 1. The number of carbonyl (C=O) groups excluding carboxylic acids is 1. The Morgan fingerprint density at radius 1 is 1.36 bits per heavy atom. The first-order chi connectivity index (χ1) is 10.4. The topological polar surface area (TPSA) is 85.8 Å². The molecule has 0 aliphatic carbocycles. The average Bonchev–Trinajstić information content (AvgIpc) is 2.48. The molecule has 1 rings (SSSR count). The van der Waals surface area contributed by atoms with Crippen molar-refractivity contribution in [1.29, 1.82) is 0 Å². The van der Waals surface area contributed by atoms with E-state index >= 15 is 0 Å². The summed E-state index contributed by atoms with van der Waals surface area (Å²) in [5.74, 6) is -1.05. The van der Waals surface area contributed by atoms with E-state index in [1.807, 2.05) is 25.9 Å². The Labute approximate surface area is 130 Å². The average molecular weight is 306 g/mol. The number of hydrogen-bond acceptors (Lipinski definition) is 5. The van der Waals surface area contributed by atoms with E-state index in [0.29, 0.717) is 18.8 Å². The van der Waals surface area contributed by atoms with Gasteiger partial charge in [0, 0.05) is 45.8 Å². The molecule has 0 fully saturated rings. The number of carboxylic acids is 1. The Morgan fingerprint density at radius 3 is 2.68 bits per heavy atom. The molecule has 0 unspecified atom stereocenters. The molecule has 0 aromatic carbocycles. The Hall–Kier alpha value is -2.41. The van der Waals surface area contributed by atoms with Crippen molar-refractivity contribution < 1.29 is 14.7 Å². The van der Waals surface area contributed by atoms with Crippen molar-refractivity contribution in [3.63, 3.8) is 0 Å². The normalized spacial score (nSPS) is 10.7. The second kappa shape index (κ2) is 8.78. The summed E-state index contributed by atoms with van der Waals surface area (Å²) in [6.45, 7) is 2.97. The van der Waals surface area contributed by atoms with E-state index in [-0.39, 0.29) is 18.0 Å². The summed E-state index contributed by atoms with van der Waals surface area (Å²) < 4.78 is 0. The summed E-state index contributed by atoms with van der Waals surface area (Å²) in [5, 5.41) is 11.9. The number of likely N-dealkylation sites (N-methyl/N-ethyl adjacent to an activating group) is 1. The van der Waals surface area contributed by atoms with Crippen LogP contribution in [-0.4, -0.2) is 59.0 Å². The first-order valence-corrected chi connectivity index (χ1v) is 6.97. The lowest BCUT2D eigenvalue weighted by Gasteiger charge is -2.17. The summed E-state index contributed by atoms with van der Waals surface area (Å²) in [4.78, 5) is 30.4. The largest absolute Gasteiger partial charge is 0.478 e. The van der Waals surface area contributed by atoms with Crippen LogP contribution in [0.2, 0.25) is 0 Å². The second-order valence-electron chi connectivity index (χ2n) is 4.89. The van der Waals surface area contributed by atoms with Crippen LogP contribution in [0.3, 0.4) is 0 Å². The van der Waals surface area contributed by atoms with Crippen molar-refractivity contribution in [3.05, 3.63) is 42.0 Å². The van der Waals surface area contributed by atoms with E-state index in [2.05, 4.69) is 10.3 Å². The lowest BCUT2D eigenvalue weighted by atomic mass is 10.2. The molecule has 7 heteroatoms. The van der Waals surface area contributed by atoms with E-state index in [9.17, 15) is 9.59 Å². The molecule has 0 aliphatic heterocycles. The molecular formula is C15H22N4O3. The van der Waals surface area contributed by atoms with Crippen LogP contribution in [0.5, 0.6) is 0 Å². The van der Waals surface area contributed by atoms with Crippen LogP contribution in [-0.2, 0) is 11.3 Å². The number of amides is 1. The molecule has 22 heavy (non-hydrogen) atoms. The maximum absolute atomic E-state index is 12.0. The number of pyridine rings is 1. The van der Waals surface area contributed by atoms with Crippen molar-refractivity contribution in [2.45, 2.75) is 13.5 Å². The van der Waals surface area contributed by atoms with Gasteiger partial charge in [-0.25, -0.2) is 4.79 Å². The molecule has 0 bridgehead atoms. The summed E-state index contributed by atoms with van der Waals surface area (Å²) in [6, 6.07) is 2.92. The van der Waals surface area contributed by atoms with Crippen LogP contribution < -0.4 is 5.32 Å². The zero-order valence-corrected chi connectivity index (χ0v) is 13.1. The van der Waals surface area contributed by atoms with Gasteiger partial charge in [0.15, 0.2) is 0 Å². The van der Waals surface area contributed by atoms with E-state index in [1.165, 1.54) is 18.3 Å². The fourth-order valence-corrected chi connectivity index (χ4v) is 1.69. The van der Waals surface area contributed by atoms with Gasteiger partial charge in [-0.05, 0) is 19.1 Å². The van der Waals surface area contributed by atoms with Crippen molar-refractivity contribution in [1.82, 2.24) is 20.1 Å². The van der Waals surface area contributed by atoms with Crippen LogP contribution >= 0.6 is 0 Å². The first kappa shape index (κ1) is 17.6. The van der Waals surface area contributed by atoms with Gasteiger partial charge in [0.2, 0.25) is 5.91 Å². The molecule has 1 heterocycles. The van der Waals surface area contributed by atoms with Crippen LogP contribution in [0.1, 0.15) is 23.0 Å². The highest BCUT2D eigenvalue weighted by Crippen LogP contribution is 2.01. The SMILES string of the molecule is CCN(C=CN(C)C)C(=O)CNCc1cc(C(=O)O)ccn1. The van der Waals surface area contributed by atoms with Gasteiger partial charge in [-0.2, -0.15) is 0 Å². The molecule has 0 radical (unpaired) electrons. The number of nitrogens with zero attached hydrogens (tertiary/aromatic N) is 3. The molecule has 0 spiro atoms. The minimum absolute atomic E-state index is 0.0602. The second-order valence-corrected chi connectivity index (χ2v) is 4.89. The summed E-state index contributed by atoms with van der Waals surface area (Å²) >= 11 is 0. The monoisotopic (exact) mass is 306 g/mol. The molecule has 0 saturated heterocycles. The van der Waals surface area contributed by atoms with Gasteiger partial charge < -0.3 is 20.2 Å². The van der Waals surface area contributed by atoms with E-state index in [1.54, 1.807) is 17.3 Å². The fourth-order valence-electron chi connectivity index (χ4n) is 1.69. The van der Waals surface area contributed by atoms with Gasteiger partial charge in [-0.1, -0.05) is 0 Å². The third-order valence-corrected chi connectivity index (χ3v) is 2.85. The number of nitrogens with one attached hydrogen (secondary N) is 1. The van der Waals surface area contributed by atoms with E-state index < -0.39 is 5.97 Å². The van der Waals surface area contributed by atoms with Gasteiger partial charge in [-0.15, -0.1) is 0 Å². The van der Waals surface area contributed by atoms with Crippen molar-refractivity contribution in [2.24, 2.45) is 0 Å². The molecule has 0 aliphatic rings. The third kappa shape index (κ3) is 5.92. The first-order valence-electron chi connectivity index (χ1n) is 6.97. The molecule has 1 amide bonds. The van der Waals surface area contributed by atoms with Gasteiger partial charge in [0.1, 0.15) is 0 Å². The molecule has 0 saturated carbocycles. The van der Waals surface area contributed by atoms with Gasteiger partial charge in [0.25, 0.3) is 0 Å². The standard InChI is InChI=1S/C15H22N4O3/c1-4-19(8-7-18(2)3)14(20)11-16-10-13-9-12(15(21)22)5-6-17-13/h5-9,16H,4,10-11H2,1-3H3,(H,21,22). The van der Waals surface area contributed by atoms with Crippen molar-refractivity contribution in [2.75, 3.05) is 27.2 Å². The Kier molecular flexibility index (Phi) is 7.04. The Balaban J connectivity index is 2.50. The highest BCUT2D eigenvalue weighted by molar-refractivity contribution is 5.87. The fraction of sp³-hybridized carbons (Fsp3) is 0.400. The van der Waals surface area contributed by atoms with Gasteiger partial charge >= 0.3 is 5.97 Å². The number of aromatic nitrogens is 1.